The minimum atomic E-state index is 0.115. The lowest BCUT2D eigenvalue weighted by atomic mass is 10.0. The Morgan fingerprint density at radius 2 is 2.00 bits per heavy atom. The molecule has 1 N–H and O–H groups in total. The number of likely N-dealkylation sites (tertiary alicyclic amines) is 1. The average Bonchev–Trinajstić information content (AvgIpc) is 2.99. The maximum Gasteiger partial charge on any atom is 0.253 e. The van der Waals surface area contributed by atoms with Crippen molar-refractivity contribution in [3.8, 4) is 0 Å². The molecular weight excluding hydrogens is 276 g/mol. The molecule has 1 fully saturated rings. The smallest absolute Gasteiger partial charge is 0.253 e. The van der Waals surface area contributed by atoms with Crippen LogP contribution in [0.3, 0.4) is 0 Å². The van der Waals surface area contributed by atoms with Gasteiger partial charge in [-0.3, -0.25) is 9.78 Å². The molecule has 0 atom stereocenters. The van der Waals surface area contributed by atoms with E-state index in [9.17, 15) is 4.79 Å². The number of hydrogen-bond donors (Lipinski definition) is 1. The lowest BCUT2D eigenvalue weighted by Gasteiger charge is -2.32. The van der Waals surface area contributed by atoms with Gasteiger partial charge < -0.3 is 14.8 Å². The van der Waals surface area contributed by atoms with Gasteiger partial charge in [-0.1, -0.05) is 0 Å². The molecular formula is C17H22N4O. The summed E-state index contributed by atoms with van der Waals surface area (Å²) in [5.41, 5.74) is 2.03. The summed E-state index contributed by atoms with van der Waals surface area (Å²) in [5, 5.41) is 3.59. The molecule has 5 nitrogen and oxygen atoms in total. The van der Waals surface area contributed by atoms with Crippen LogP contribution in [0.4, 0.5) is 0 Å². The van der Waals surface area contributed by atoms with E-state index in [2.05, 4.69) is 33.3 Å². The summed E-state index contributed by atoms with van der Waals surface area (Å²) in [6, 6.07) is 6.18. The van der Waals surface area contributed by atoms with Gasteiger partial charge in [-0.2, -0.15) is 0 Å². The molecule has 0 aromatic carbocycles. The number of carbonyl (C=O) groups excluding carboxylic acids is 1. The molecule has 0 aliphatic carbocycles. The molecule has 22 heavy (non-hydrogen) atoms. The van der Waals surface area contributed by atoms with Crippen LogP contribution < -0.4 is 5.32 Å². The van der Waals surface area contributed by atoms with Crippen molar-refractivity contribution in [1.82, 2.24) is 19.8 Å². The molecule has 0 radical (unpaired) electrons. The molecule has 0 bridgehead atoms. The van der Waals surface area contributed by atoms with Crippen LogP contribution in [0.25, 0.3) is 0 Å². The summed E-state index contributed by atoms with van der Waals surface area (Å²) in [6.07, 6.45) is 9.54. The largest absolute Gasteiger partial charge is 0.357 e. The van der Waals surface area contributed by atoms with Crippen molar-refractivity contribution in [3.63, 3.8) is 0 Å². The molecule has 0 saturated carbocycles. The number of rotatable bonds is 4. The number of hydrogen-bond acceptors (Lipinski definition) is 3. The monoisotopic (exact) mass is 298 g/mol. The Kier molecular flexibility index (Phi) is 4.53. The van der Waals surface area contributed by atoms with E-state index >= 15 is 0 Å². The topological polar surface area (TPSA) is 50.2 Å². The third-order valence-electron chi connectivity index (χ3n) is 4.20. The van der Waals surface area contributed by atoms with Crippen molar-refractivity contribution >= 4 is 5.91 Å². The standard InChI is InChI=1S/C17H22N4O/c1-20-9-4-14(13-20)12-19-16-5-10-21(11-6-16)17(22)15-2-7-18-8-3-15/h2-4,7-9,13,16,19H,5-6,10-12H2,1H3. The molecule has 116 valence electrons. The SMILES string of the molecule is Cn1ccc(CNC2CCN(C(=O)c3ccncc3)CC2)c1. The second-order valence-electron chi connectivity index (χ2n) is 5.87. The normalized spacial score (nSPS) is 16.0. The molecule has 3 heterocycles. The third kappa shape index (κ3) is 3.54. The number of nitrogens with one attached hydrogen (secondary N) is 1. The minimum Gasteiger partial charge on any atom is -0.357 e. The maximum absolute atomic E-state index is 12.4. The maximum atomic E-state index is 12.4. The molecule has 2 aromatic rings. The van der Waals surface area contributed by atoms with Gasteiger partial charge in [0.2, 0.25) is 0 Å². The highest BCUT2D eigenvalue weighted by Gasteiger charge is 2.23. The van der Waals surface area contributed by atoms with Crippen LogP contribution >= 0.6 is 0 Å². The summed E-state index contributed by atoms with van der Waals surface area (Å²) in [7, 11) is 2.03. The van der Waals surface area contributed by atoms with Gasteiger partial charge in [0.05, 0.1) is 0 Å². The second-order valence-corrected chi connectivity index (χ2v) is 5.87. The number of nitrogens with zero attached hydrogens (tertiary/aromatic N) is 3. The molecule has 2 aromatic heterocycles. The van der Waals surface area contributed by atoms with Crippen LogP contribution in [0.1, 0.15) is 28.8 Å². The molecule has 0 spiro atoms. The van der Waals surface area contributed by atoms with Crippen LogP contribution in [-0.2, 0) is 13.6 Å². The van der Waals surface area contributed by atoms with Crippen molar-refractivity contribution in [3.05, 3.63) is 54.1 Å². The Morgan fingerprint density at radius 1 is 1.27 bits per heavy atom. The first-order valence-electron chi connectivity index (χ1n) is 7.76. The van der Waals surface area contributed by atoms with Gasteiger partial charge in [-0.15, -0.1) is 0 Å². The summed E-state index contributed by atoms with van der Waals surface area (Å²) in [5.74, 6) is 0.115. The fraction of sp³-hybridized carbons (Fsp3) is 0.412. The predicted octanol–water partition coefficient (Wildman–Crippen LogP) is 1.81. The van der Waals surface area contributed by atoms with Crippen LogP contribution in [-0.4, -0.2) is 39.5 Å². The lowest BCUT2D eigenvalue weighted by Crippen LogP contribution is -2.44. The first-order chi connectivity index (χ1) is 10.7. The van der Waals surface area contributed by atoms with E-state index in [1.54, 1.807) is 24.5 Å². The van der Waals surface area contributed by atoms with E-state index in [0.717, 1.165) is 38.0 Å². The summed E-state index contributed by atoms with van der Waals surface area (Å²) < 4.78 is 2.06. The fourth-order valence-corrected chi connectivity index (χ4v) is 2.89. The van der Waals surface area contributed by atoms with Crippen molar-refractivity contribution in [2.75, 3.05) is 13.1 Å². The van der Waals surface area contributed by atoms with Crippen molar-refractivity contribution in [2.45, 2.75) is 25.4 Å². The number of amides is 1. The minimum absolute atomic E-state index is 0.115. The van der Waals surface area contributed by atoms with Crippen LogP contribution in [0.15, 0.2) is 43.0 Å². The lowest BCUT2D eigenvalue weighted by molar-refractivity contribution is 0.0704. The zero-order valence-electron chi connectivity index (χ0n) is 12.9. The number of aryl methyl sites for hydroxylation is 1. The summed E-state index contributed by atoms with van der Waals surface area (Å²) >= 11 is 0. The van der Waals surface area contributed by atoms with E-state index in [1.165, 1.54) is 5.56 Å². The molecule has 5 heteroatoms. The van der Waals surface area contributed by atoms with Gasteiger partial charge in [0.15, 0.2) is 0 Å². The van der Waals surface area contributed by atoms with Gasteiger partial charge in [0.1, 0.15) is 0 Å². The van der Waals surface area contributed by atoms with Crippen molar-refractivity contribution < 1.29 is 4.79 Å². The third-order valence-corrected chi connectivity index (χ3v) is 4.20. The van der Waals surface area contributed by atoms with Gasteiger partial charge in [-0.25, -0.2) is 0 Å². The van der Waals surface area contributed by atoms with E-state index in [1.807, 2.05) is 11.9 Å². The summed E-state index contributed by atoms with van der Waals surface area (Å²) in [6.45, 7) is 2.52. The number of aromatic nitrogens is 2. The molecule has 1 saturated heterocycles. The van der Waals surface area contributed by atoms with Crippen LogP contribution in [0.5, 0.6) is 0 Å². The quantitative estimate of drug-likeness (QED) is 0.936. The van der Waals surface area contributed by atoms with E-state index in [-0.39, 0.29) is 5.91 Å². The van der Waals surface area contributed by atoms with E-state index in [0.29, 0.717) is 6.04 Å². The van der Waals surface area contributed by atoms with E-state index in [4.69, 9.17) is 0 Å². The number of piperidine rings is 1. The van der Waals surface area contributed by atoms with Crippen LogP contribution in [0, 0.1) is 0 Å². The van der Waals surface area contributed by atoms with Gasteiger partial charge in [-0.05, 0) is 36.6 Å². The molecule has 1 aliphatic heterocycles. The first-order valence-corrected chi connectivity index (χ1v) is 7.76. The molecule has 3 rings (SSSR count). The van der Waals surface area contributed by atoms with Crippen molar-refractivity contribution in [1.29, 1.82) is 0 Å². The molecule has 1 aliphatic rings. The highest BCUT2D eigenvalue weighted by atomic mass is 16.2. The van der Waals surface area contributed by atoms with Crippen molar-refractivity contribution in [2.24, 2.45) is 7.05 Å². The Bertz CT molecular complexity index is 615. The highest BCUT2D eigenvalue weighted by Crippen LogP contribution is 2.14. The Balaban J connectivity index is 1.47. The highest BCUT2D eigenvalue weighted by molar-refractivity contribution is 5.94. The average molecular weight is 298 g/mol. The van der Waals surface area contributed by atoms with Crippen LogP contribution in [0.2, 0.25) is 0 Å². The predicted molar refractivity (Wildman–Crippen MR) is 85.4 cm³/mol. The van der Waals surface area contributed by atoms with Gasteiger partial charge in [0, 0.05) is 63.1 Å². The zero-order chi connectivity index (χ0) is 15.4. The van der Waals surface area contributed by atoms with E-state index < -0.39 is 0 Å². The zero-order valence-corrected chi connectivity index (χ0v) is 12.9. The fourth-order valence-electron chi connectivity index (χ4n) is 2.89. The summed E-state index contributed by atoms with van der Waals surface area (Å²) in [4.78, 5) is 18.3. The Hall–Kier alpha value is -2.14. The first kappa shape index (κ1) is 14.8. The molecule has 0 unspecified atom stereocenters. The molecule has 1 amide bonds. The van der Waals surface area contributed by atoms with Gasteiger partial charge in [0.25, 0.3) is 5.91 Å². The van der Waals surface area contributed by atoms with Gasteiger partial charge >= 0.3 is 0 Å². The Morgan fingerprint density at radius 3 is 2.64 bits per heavy atom. The number of pyridine rings is 1. The Labute approximate surface area is 131 Å². The number of carbonyl (C=O) groups is 1. The second kappa shape index (κ2) is 6.75.